The molecule has 0 aromatic rings. The third-order valence-corrected chi connectivity index (χ3v) is 3.34. The summed E-state index contributed by atoms with van der Waals surface area (Å²) in [5.74, 6) is -0.269. The van der Waals surface area contributed by atoms with Crippen LogP contribution >= 0.6 is 0 Å². The van der Waals surface area contributed by atoms with E-state index >= 15 is 0 Å². The molecule has 4 nitrogen and oxygen atoms in total. The second-order valence-corrected chi connectivity index (χ2v) is 4.51. The van der Waals surface area contributed by atoms with Crippen molar-refractivity contribution in [3.05, 3.63) is 12.2 Å². The van der Waals surface area contributed by atoms with Gasteiger partial charge in [-0.25, -0.2) is 4.79 Å². The second-order valence-electron chi connectivity index (χ2n) is 4.51. The van der Waals surface area contributed by atoms with Gasteiger partial charge in [0.25, 0.3) is 0 Å². The smallest absolute Gasteiger partial charge is 0.330 e. The van der Waals surface area contributed by atoms with Gasteiger partial charge in [-0.1, -0.05) is 6.08 Å². The monoisotopic (exact) mass is 210 g/mol. The van der Waals surface area contributed by atoms with Crippen molar-refractivity contribution in [3.8, 4) is 0 Å². The Balaban J connectivity index is 1.73. The molecule has 84 valence electrons. The molecular weight excluding hydrogens is 192 g/mol. The Hall–Kier alpha value is -0.870. The summed E-state index contributed by atoms with van der Waals surface area (Å²) < 4.78 is 4.53. The molecule has 1 N–H and O–H groups in total. The summed E-state index contributed by atoms with van der Waals surface area (Å²) in [5.41, 5.74) is 0.541. The van der Waals surface area contributed by atoms with Gasteiger partial charge in [0.05, 0.1) is 7.11 Å². The SMILES string of the molecule is COC(=O)/C=C/CN1CCC2(CNC2)C1. The topological polar surface area (TPSA) is 41.6 Å². The van der Waals surface area contributed by atoms with Gasteiger partial charge in [-0.15, -0.1) is 0 Å². The number of rotatable bonds is 3. The molecular formula is C11H18N2O2. The molecule has 0 saturated carbocycles. The molecule has 2 aliphatic rings. The number of likely N-dealkylation sites (tertiary alicyclic amines) is 1. The third kappa shape index (κ3) is 2.38. The zero-order valence-electron chi connectivity index (χ0n) is 9.16. The molecule has 2 heterocycles. The maximum atomic E-state index is 10.8. The highest BCUT2D eigenvalue weighted by molar-refractivity contribution is 5.81. The zero-order valence-corrected chi connectivity index (χ0v) is 9.16. The van der Waals surface area contributed by atoms with E-state index in [0.717, 1.165) is 32.7 Å². The van der Waals surface area contributed by atoms with Crippen LogP contribution in [0.1, 0.15) is 6.42 Å². The largest absolute Gasteiger partial charge is 0.466 e. The van der Waals surface area contributed by atoms with Crippen molar-refractivity contribution < 1.29 is 9.53 Å². The van der Waals surface area contributed by atoms with Gasteiger partial charge in [0.2, 0.25) is 0 Å². The number of carbonyl (C=O) groups excluding carboxylic acids is 1. The van der Waals surface area contributed by atoms with Gasteiger partial charge in [0, 0.05) is 37.7 Å². The van der Waals surface area contributed by atoms with E-state index in [1.54, 1.807) is 0 Å². The quantitative estimate of drug-likeness (QED) is 0.526. The van der Waals surface area contributed by atoms with E-state index in [0.29, 0.717) is 5.41 Å². The predicted octanol–water partition coefficient (Wildman–Crippen LogP) is 0.0109. The van der Waals surface area contributed by atoms with Gasteiger partial charge >= 0.3 is 5.97 Å². The van der Waals surface area contributed by atoms with Crippen LogP contribution in [0, 0.1) is 5.41 Å². The molecule has 0 amide bonds. The molecule has 0 atom stereocenters. The van der Waals surface area contributed by atoms with Crippen molar-refractivity contribution in [1.82, 2.24) is 10.2 Å². The van der Waals surface area contributed by atoms with Crippen LogP contribution in [0.15, 0.2) is 12.2 Å². The van der Waals surface area contributed by atoms with E-state index in [2.05, 4.69) is 15.0 Å². The minimum atomic E-state index is -0.269. The normalized spacial score (nSPS) is 24.6. The lowest BCUT2D eigenvalue weighted by Crippen LogP contribution is -2.54. The Bertz CT molecular complexity index is 272. The molecule has 15 heavy (non-hydrogen) atoms. The van der Waals surface area contributed by atoms with Gasteiger partial charge in [0.15, 0.2) is 0 Å². The number of nitrogens with zero attached hydrogens (tertiary/aromatic N) is 1. The number of esters is 1. The molecule has 4 heteroatoms. The molecule has 0 bridgehead atoms. The molecule has 0 aromatic carbocycles. The first-order chi connectivity index (χ1) is 7.24. The lowest BCUT2D eigenvalue weighted by Gasteiger charge is -2.39. The van der Waals surface area contributed by atoms with Crippen molar-refractivity contribution >= 4 is 5.97 Å². The average Bonchev–Trinajstić information content (AvgIpc) is 2.61. The molecule has 0 aliphatic carbocycles. The summed E-state index contributed by atoms with van der Waals surface area (Å²) >= 11 is 0. The van der Waals surface area contributed by atoms with Gasteiger partial charge in [-0.2, -0.15) is 0 Å². The first kappa shape index (κ1) is 10.6. The van der Waals surface area contributed by atoms with Crippen LogP contribution in [-0.2, 0) is 9.53 Å². The van der Waals surface area contributed by atoms with Crippen molar-refractivity contribution in [2.45, 2.75) is 6.42 Å². The molecule has 2 fully saturated rings. The Morgan fingerprint density at radius 3 is 2.93 bits per heavy atom. The minimum Gasteiger partial charge on any atom is -0.466 e. The standard InChI is InChI=1S/C11H18N2O2/c1-15-10(14)3-2-5-13-6-4-11(9-13)7-12-8-11/h2-3,12H,4-9H2,1H3/b3-2+. The van der Waals surface area contributed by atoms with E-state index in [4.69, 9.17) is 0 Å². The Labute approximate surface area is 90.3 Å². The van der Waals surface area contributed by atoms with Crippen LogP contribution in [0.5, 0.6) is 0 Å². The first-order valence-corrected chi connectivity index (χ1v) is 5.42. The zero-order chi connectivity index (χ0) is 10.7. The highest BCUT2D eigenvalue weighted by Gasteiger charge is 2.42. The Morgan fingerprint density at radius 1 is 1.60 bits per heavy atom. The minimum absolute atomic E-state index is 0.269. The lowest BCUT2D eigenvalue weighted by atomic mass is 9.81. The van der Waals surface area contributed by atoms with Gasteiger partial charge in [-0.3, -0.25) is 4.90 Å². The van der Waals surface area contributed by atoms with Crippen LogP contribution in [0.2, 0.25) is 0 Å². The number of hydrogen-bond donors (Lipinski definition) is 1. The number of hydrogen-bond acceptors (Lipinski definition) is 4. The van der Waals surface area contributed by atoms with Crippen molar-refractivity contribution in [2.24, 2.45) is 5.41 Å². The van der Waals surface area contributed by atoms with E-state index in [1.807, 2.05) is 6.08 Å². The molecule has 0 radical (unpaired) electrons. The van der Waals surface area contributed by atoms with Crippen LogP contribution in [-0.4, -0.2) is 50.7 Å². The summed E-state index contributed by atoms with van der Waals surface area (Å²) in [6, 6.07) is 0. The fourth-order valence-corrected chi connectivity index (χ4v) is 2.32. The summed E-state index contributed by atoms with van der Waals surface area (Å²) in [7, 11) is 1.40. The van der Waals surface area contributed by atoms with E-state index in [9.17, 15) is 4.79 Å². The molecule has 0 unspecified atom stereocenters. The van der Waals surface area contributed by atoms with Crippen LogP contribution in [0.25, 0.3) is 0 Å². The molecule has 2 saturated heterocycles. The summed E-state index contributed by atoms with van der Waals surface area (Å²) in [5, 5.41) is 3.33. The highest BCUT2D eigenvalue weighted by Crippen LogP contribution is 2.33. The van der Waals surface area contributed by atoms with Crippen molar-refractivity contribution in [3.63, 3.8) is 0 Å². The predicted molar refractivity (Wildman–Crippen MR) is 57.5 cm³/mol. The maximum Gasteiger partial charge on any atom is 0.330 e. The molecule has 0 aromatic heterocycles. The fraction of sp³-hybridized carbons (Fsp3) is 0.727. The Morgan fingerprint density at radius 2 is 2.40 bits per heavy atom. The Kier molecular flexibility index (Phi) is 3.07. The van der Waals surface area contributed by atoms with Crippen LogP contribution < -0.4 is 5.32 Å². The highest BCUT2D eigenvalue weighted by atomic mass is 16.5. The number of ether oxygens (including phenoxy) is 1. The maximum absolute atomic E-state index is 10.8. The lowest BCUT2D eigenvalue weighted by molar-refractivity contribution is -0.134. The summed E-state index contributed by atoms with van der Waals surface area (Å²) in [6.07, 6.45) is 4.67. The van der Waals surface area contributed by atoms with Crippen LogP contribution in [0.4, 0.5) is 0 Å². The third-order valence-electron chi connectivity index (χ3n) is 3.34. The summed E-state index contributed by atoms with van der Waals surface area (Å²) in [4.78, 5) is 13.2. The molecule has 1 spiro atoms. The van der Waals surface area contributed by atoms with Gasteiger partial charge < -0.3 is 10.1 Å². The van der Waals surface area contributed by atoms with E-state index < -0.39 is 0 Å². The summed E-state index contributed by atoms with van der Waals surface area (Å²) in [6.45, 7) is 5.48. The van der Waals surface area contributed by atoms with Crippen molar-refractivity contribution in [1.29, 1.82) is 0 Å². The van der Waals surface area contributed by atoms with Crippen molar-refractivity contribution in [2.75, 3.05) is 39.8 Å². The molecule has 2 aliphatic heterocycles. The second kappa shape index (κ2) is 4.33. The van der Waals surface area contributed by atoms with E-state index in [1.165, 1.54) is 19.6 Å². The van der Waals surface area contributed by atoms with Gasteiger partial charge in [-0.05, 0) is 13.0 Å². The number of methoxy groups -OCH3 is 1. The van der Waals surface area contributed by atoms with Crippen LogP contribution in [0.3, 0.4) is 0 Å². The number of nitrogens with one attached hydrogen (secondary N) is 1. The average molecular weight is 210 g/mol. The van der Waals surface area contributed by atoms with E-state index in [-0.39, 0.29) is 5.97 Å². The molecule has 2 rings (SSSR count). The fourth-order valence-electron chi connectivity index (χ4n) is 2.32. The first-order valence-electron chi connectivity index (χ1n) is 5.42. The van der Waals surface area contributed by atoms with Gasteiger partial charge in [0.1, 0.15) is 0 Å². The number of carbonyl (C=O) groups is 1.